The van der Waals surface area contributed by atoms with Crippen molar-refractivity contribution < 1.29 is 48.1 Å². The van der Waals surface area contributed by atoms with Crippen LogP contribution in [0.3, 0.4) is 0 Å². The van der Waals surface area contributed by atoms with Gasteiger partial charge in [0.15, 0.2) is 0 Å². The molecule has 1 unspecified atom stereocenters. The average molecular weight is 689 g/mol. The summed E-state index contributed by atoms with van der Waals surface area (Å²) in [6.07, 6.45) is 4.31. The van der Waals surface area contributed by atoms with Crippen molar-refractivity contribution in [2.45, 2.75) is 127 Å². The maximum absolute atomic E-state index is 13.2. The Morgan fingerprint density at radius 3 is 2.29 bits per heavy atom. The van der Waals surface area contributed by atoms with Crippen molar-refractivity contribution in [1.29, 1.82) is 0 Å². The topological polar surface area (TPSA) is 86.7 Å². The lowest BCUT2D eigenvalue weighted by atomic mass is 9.52. The molecule has 0 aromatic heterocycles. The van der Waals surface area contributed by atoms with Gasteiger partial charge in [-0.15, -0.1) is 0 Å². The van der Waals surface area contributed by atoms with Crippen LogP contribution >= 0.6 is 0 Å². The van der Waals surface area contributed by atoms with Gasteiger partial charge in [0.25, 0.3) is 0 Å². The number of aliphatic hydroxyl groups is 1. The zero-order valence-corrected chi connectivity index (χ0v) is 27.4. The fraction of sp³-hybridized carbons (Fsp3) is 0.812. The highest BCUT2D eigenvalue weighted by atomic mass is 32.3. The summed E-state index contributed by atoms with van der Waals surface area (Å²) in [6, 6.07) is 5.08. The van der Waals surface area contributed by atoms with E-state index >= 15 is 0 Å². The zero-order chi connectivity index (χ0) is 33.0. The molecule has 0 saturated heterocycles. The second-order valence-electron chi connectivity index (χ2n) is 13.6. The van der Waals surface area contributed by atoms with Gasteiger partial charge in [-0.05, 0) is 110 Å². The van der Waals surface area contributed by atoms with Crippen molar-refractivity contribution in [2.24, 2.45) is 23.2 Å². The molecule has 45 heavy (non-hydrogen) atoms. The van der Waals surface area contributed by atoms with Crippen LogP contribution in [0, 0.1) is 23.2 Å². The maximum atomic E-state index is 13.2. The summed E-state index contributed by atoms with van der Waals surface area (Å²) in [5.41, 5.74) is 2.10. The molecular formula is C32H46F6O5S2. The van der Waals surface area contributed by atoms with Crippen molar-refractivity contribution in [3.63, 3.8) is 0 Å². The Kier molecular flexibility index (Phi) is 12.2. The van der Waals surface area contributed by atoms with Crippen LogP contribution in [0.2, 0.25) is 0 Å². The molecule has 0 bridgehead atoms. The lowest BCUT2D eigenvalue weighted by molar-refractivity contribution is -0.284. The van der Waals surface area contributed by atoms with Crippen LogP contribution in [0.4, 0.5) is 25.8 Å². The summed E-state index contributed by atoms with van der Waals surface area (Å²) in [4.78, 5) is 0. The maximum Gasteiger partial charge on any atom is 0.488 e. The van der Waals surface area contributed by atoms with Crippen molar-refractivity contribution in [3.05, 3.63) is 29.3 Å². The first-order valence-electron chi connectivity index (χ1n) is 16.3. The minimum Gasteiger partial charge on any atom is -0.616 e. The molecule has 1 aromatic carbocycles. The molecule has 258 valence electrons. The number of hydrogen-bond acceptors (Lipinski definition) is 5. The van der Waals surface area contributed by atoms with E-state index in [1.165, 1.54) is 11.6 Å². The standard InChI is InChI=1S/C32H46F6O5S2/c1-30-17-15-26-25-12-11-24(43-45(38,41)42)21-23(25)20-22(29(26)27(30)13-14-28(30)39)10-7-5-3-2-4-6-8-18-44(40)19-9-16-31(33,34)32(35,36)37/h11-12,21-22,26-29,39H,2-10,13-20H2,1H3/t22-,26-,27+,28+,29-,30+,44?/m1/s1. The smallest absolute Gasteiger partial charge is 0.488 e. The average Bonchev–Trinajstić information content (AvgIpc) is 3.24. The quantitative estimate of drug-likeness (QED) is 0.0814. The first kappa shape index (κ1) is 36.7. The summed E-state index contributed by atoms with van der Waals surface area (Å²) < 4.78 is 115. The van der Waals surface area contributed by atoms with Crippen molar-refractivity contribution in [3.8, 4) is 5.75 Å². The van der Waals surface area contributed by atoms with Crippen LogP contribution in [0.1, 0.15) is 114 Å². The summed E-state index contributed by atoms with van der Waals surface area (Å²) in [5, 5.41) is 10.9. The highest BCUT2D eigenvalue weighted by molar-refractivity contribution is 7.91. The molecule has 0 spiro atoms. The molecule has 0 aliphatic heterocycles. The van der Waals surface area contributed by atoms with Gasteiger partial charge in [-0.1, -0.05) is 60.2 Å². The Bertz CT molecular complexity index is 1230. The predicted molar refractivity (Wildman–Crippen MR) is 162 cm³/mol. The molecule has 2 saturated carbocycles. The summed E-state index contributed by atoms with van der Waals surface area (Å²) >= 11 is -1.40. The highest BCUT2D eigenvalue weighted by Gasteiger charge is 2.57. The Morgan fingerprint density at radius 1 is 0.978 bits per heavy atom. The van der Waals surface area contributed by atoms with Crippen molar-refractivity contribution in [2.75, 3.05) is 11.5 Å². The van der Waals surface area contributed by atoms with Gasteiger partial charge in [0.05, 0.1) is 6.10 Å². The second kappa shape index (κ2) is 14.9. The first-order valence-corrected chi connectivity index (χ1v) is 19.1. The molecule has 0 radical (unpaired) electrons. The van der Waals surface area contributed by atoms with Crippen LogP contribution in [-0.4, -0.2) is 47.8 Å². The Hall–Kier alpha value is -1.18. The number of rotatable bonds is 16. The van der Waals surface area contributed by atoms with Gasteiger partial charge in [-0.2, -0.15) is 30.4 Å². The number of aliphatic hydroxyl groups excluding tert-OH is 1. The van der Waals surface area contributed by atoms with E-state index in [1.807, 2.05) is 6.07 Å². The summed E-state index contributed by atoms with van der Waals surface area (Å²) in [5.74, 6) is -3.09. The predicted octanol–water partition coefficient (Wildman–Crippen LogP) is 8.57. The third-order valence-electron chi connectivity index (χ3n) is 10.7. The van der Waals surface area contributed by atoms with Gasteiger partial charge in [0, 0.05) is 6.42 Å². The summed E-state index contributed by atoms with van der Waals surface area (Å²) in [6.45, 7) is 2.23. The van der Waals surface area contributed by atoms with Crippen LogP contribution < -0.4 is 4.18 Å². The molecule has 2 fully saturated rings. The van der Waals surface area contributed by atoms with Gasteiger partial charge in [0.1, 0.15) is 17.3 Å². The molecule has 3 aliphatic rings. The van der Waals surface area contributed by atoms with Gasteiger partial charge < -0.3 is 13.8 Å². The highest BCUT2D eigenvalue weighted by Crippen LogP contribution is 2.62. The number of alkyl halides is 5. The Labute approximate surface area is 266 Å². The van der Waals surface area contributed by atoms with Crippen molar-refractivity contribution >= 4 is 21.7 Å². The third-order valence-corrected chi connectivity index (χ3v) is 12.6. The van der Waals surface area contributed by atoms with Gasteiger partial charge in [0.2, 0.25) is 0 Å². The van der Waals surface area contributed by atoms with Crippen LogP contribution in [0.15, 0.2) is 18.2 Å². The zero-order valence-electron chi connectivity index (χ0n) is 25.8. The second-order valence-corrected chi connectivity index (χ2v) is 16.3. The monoisotopic (exact) mass is 688 g/mol. The molecule has 0 amide bonds. The van der Waals surface area contributed by atoms with Gasteiger partial charge in [-0.3, -0.25) is 0 Å². The number of hydrogen-bond donors (Lipinski definition) is 1. The van der Waals surface area contributed by atoms with E-state index in [9.17, 15) is 43.9 Å². The van der Waals surface area contributed by atoms with Gasteiger partial charge in [-0.25, -0.2) is 0 Å². The van der Waals surface area contributed by atoms with Crippen molar-refractivity contribution in [1.82, 2.24) is 0 Å². The van der Waals surface area contributed by atoms with E-state index in [2.05, 4.69) is 11.1 Å². The summed E-state index contributed by atoms with van der Waals surface area (Å²) in [7, 11) is -5.12. The fourth-order valence-corrected chi connectivity index (χ4v) is 9.97. The number of halogens is 6. The third kappa shape index (κ3) is 9.25. The Balaban J connectivity index is 1.21. The molecule has 1 aromatic rings. The van der Waals surface area contributed by atoms with E-state index < -0.39 is 46.6 Å². The van der Waals surface area contributed by atoms with Crippen LogP contribution in [-0.2, 0) is 28.1 Å². The molecule has 7 atom stereocenters. The molecule has 4 rings (SSSR count). The van der Waals surface area contributed by atoms with Crippen LogP contribution in [0.5, 0.6) is 5.75 Å². The van der Waals surface area contributed by atoms with Crippen LogP contribution in [0.25, 0.3) is 0 Å². The van der Waals surface area contributed by atoms with E-state index in [0.29, 0.717) is 35.8 Å². The van der Waals surface area contributed by atoms with Gasteiger partial charge >= 0.3 is 22.6 Å². The molecular weight excluding hydrogens is 642 g/mol. The molecule has 5 nitrogen and oxygen atoms in total. The first-order chi connectivity index (χ1) is 21.0. The fourth-order valence-electron chi connectivity index (χ4n) is 8.44. The lowest BCUT2D eigenvalue weighted by Gasteiger charge is -2.53. The minimum atomic E-state index is -5.57. The van der Waals surface area contributed by atoms with E-state index in [0.717, 1.165) is 82.6 Å². The molecule has 13 heteroatoms. The Morgan fingerprint density at radius 2 is 1.62 bits per heavy atom. The molecule has 3 aliphatic carbocycles. The SMILES string of the molecule is C[C@]12CC[C@@H]3c4ccc(OS(=O)(=O)F)cc4C[C@@H](CCCCCCCCC[S+]([O-])CCCC(F)(F)C(F)(F)F)[C@H]3[C@@H]1CC[C@@H]2O. The minimum absolute atomic E-state index is 0.0165. The molecule has 1 N–H and O–H groups in total. The molecule has 0 heterocycles. The largest absolute Gasteiger partial charge is 0.616 e. The number of benzene rings is 1. The normalized spacial score (nSPS) is 29.1. The van der Waals surface area contributed by atoms with E-state index in [-0.39, 0.29) is 23.0 Å². The number of unbranched alkanes of at least 4 members (excludes halogenated alkanes) is 6. The number of fused-ring (bicyclic) bond motifs is 5. The van der Waals surface area contributed by atoms with E-state index in [4.69, 9.17) is 0 Å². The van der Waals surface area contributed by atoms with E-state index in [1.54, 1.807) is 6.07 Å². The lowest BCUT2D eigenvalue weighted by Crippen LogP contribution is -2.47.